The van der Waals surface area contributed by atoms with Gasteiger partial charge in [-0.15, -0.1) is 0 Å². The normalized spacial score (nSPS) is 19.5. The first-order chi connectivity index (χ1) is 16.1. The largest absolute Gasteiger partial charge is 0.493 e. The molecular formula is C26H24N4O3. The summed E-state index contributed by atoms with van der Waals surface area (Å²) in [6.07, 6.45) is 10.5. The Morgan fingerprint density at radius 2 is 1.70 bits per heavy atom. The molecule has 5 rings (SSSR count). The summed E-state index contributed by atoms with van der Waals surface area (Å²) in [4.78, 5) is 24.0. The van der Waals surface area contributed by atoms with Gasteiger partial charge < -0.3 is 14.4 Å². The van der Waals surface area contributed by atoms with Gasteiger partial charge in [-0.1, -0.05) is 36.4 Å². The number of nitrogens with zero attached hydrogens (tertiary/aromatic N) is 4. The van der Waals surface area contributed by atoms with Crippen molar-refractivity contribution < 1.29 is 14.3 Å². The molecule has 2 unspecified atom stereocenters. The van der Waals surface area contributed by atoms with Gasteiger partial charge in [0.05, 0.1) is 20.1 Å². The van der Waals surface area contributed by atoms with E-state index in [4.69, 9.17) is 9.47 Å². The Morgan fingerprint density at radius 1 is 1.03 bits per heavy atom. The number of aromatic nitrogens is 1. The minimum Gasteiger partial charge on any atom is -0.493 e. The summed E-state index contributed by atoms with van der Waals surface area (Å²) in [5, 5.41) is 1.79. The van der Waals surface area contributed by atoms with Crippen LogP contribution in [0.2, 0.25) is 0 Å². The molecule has 166 valence electrons. The molecule has 0 N–H and O–H groups in total. The van der Waals surface area contributed by atoms with E-state index in [1.165, 1.54) is 0 Å². The highest BCUT2D eigenvalue weighted by Crippen LogP contribution is 2.40. The van der Waals surface area contributed by atoms with Crippen LogP contribution >= 0.6 is 0 Å². The van der Waals surface area contributed by atoms with Gasteiger partial charge in [0.1, 0.15) is 12.5 Å². The third-order valence-electron chi connectivity index (χ3n) is 6.09. The number of carbonyl (C=O) groups is 1. The van der Waals surface area contributed by atoms with Crippen LogP contribution in [0.15, 0.2) is 82.6 Å². The summed E-state index contributed by atoms with van der Waals surface area (Å²) in [6, 6.07) is 13.9. The van der Waals surface area contributed by atoms with Crippen molar-refractivity contribution in [2.45, 2.75) is 6.17 Å². The second-order valence-corrected chi connectivity index (χ2v) is 7.96. The zero-order valence-corrected chi connectivity index (χ0v) is 18.7. The van der Waals surface area contributed by atoms with E-state index in [0.29, 0.717) is 11.5 Å². The van der Waals surface area contributed by atoms with E-state index in [-0.39, 0.29) is 18.0 Å². The number of hydrogen-bond donors (Lipinski definition) is 0. The van der Waals surface area contributed by atoms with Gasteiger partial charge in [-0.05, 0) is 23.3 Å². The first-order valence-corrected chi connectivity index (χ1v) is 10.6. The first-order valence-electron chi connectivity index (χ1n) is 10.6. The lowest BCUT2D eigenvalue weighted by Gasteiger charge is -2.25. The van der Waals surface area contributed by atoms with Crippen LogP contribution in [0.3, 0.4) is 0 Å². The van der Waals surface area contributed by atoms with E-state index in [9.17, 15) is 4.79 Å². The maximum atomic E-state index is 13.1. The van der Waals surface area contributed by atoms with Crippen LogP contribution in [-0.2, 0) is 0 Å². The molecule has 3 heterocycles. The standard InChI is InChI=1S/C26H24N4O3/c1-29-25(17-7-5-4-6-8-17)20(21-13-27-16-28-26(21)29)9-10-24(31)30-14-18-11-22(32-2)23(33-3)12-19(18)15-30/h4-16,21,26H,1-3H3/b10-9+. The Kier molecular flexibility index (Phi) is 5.30. The van der Waals surface area contributed by atoms with E-state index < -0.39 is 0 Å². The summed E-state index contributed by atoms with van der Waals surface area (Å²) in [5.41, 5.74) is 3.14. The summed E-state index contributed by atoms with van der Waals surface area (Å²) >= 11 is 0. The Morgan fingerprint density at radius 3 is 2.33 bits per heavy atom. The lowest BCUT2D eigenvalue weighted by atomic mass is 9.96. The highest BCUT2D eigenvalue weighted by atomic mass is 16.5. The van der Waals surface area contributed by atoms with Gasteiger partial charge in [0.25, 0.3) is 5.91 Å². The molecule has 0 saturated heterocycles. The monoisotopic (exact) mass is 440 g/mol. The van der Waals surface area contributed by atoms with Crippen molar-refractivity contribution in [3.8, 4) is 11.5 Å². The molecule has 0 aliphatic carbocycles. The van der Waals surface area contributed by atoms with Crippen molar-refractivity contribution in [3.63, 3.8) is 0 Å². The van der Waals surface area contributed by atoms with Crippen LogP contribution in [0, 0.1) is 5.92 Å². The van der Waals surface area contributed by atoms with Crippen LogP contribution in [0.25, 0.3) is 16.5 Å². The quantitative estimate of drug-likeness (QED) is 0.556. The predicted molar refractivity (Wildman–Crippen MR) is 130 cm³/mol. The smallest absolute Gasteiger partial charge is 0.254 e. The number of fused-ring (bicyclic) bond motifs is 2. The van der Waals surface area contributed by atoms with Gasteiger partial charge in [0.15, 0.2) is 11.5 Å². The average molecular weight is 441 g/mol. The van der Waals surface area contributed by atoms with E-state index in [2.05, 4.69) is 27.0 Å². The highest BCUT2D eigenvalue weighted by molar-refractivity contribution is 5.97. The van der Waals surface area contributed by atoms with E-state index in [1.807, 2.05) is 49.7 Å². The van der Waals surface area contributed by atoms with Crippen molar-refractivity contribution in [1.82, 2.24) is 9.47 Å². The van der Waals surface area contributed by atoms with E-state index in [1.54, 1.807) is 43.6 Å². The van der Waals surface area contributed by atoms with Gasteiger partial charge in [-0.3, -0.25) is 9.36 Å². The summed E-state index contributed by atoms with van der Waals surface area (Å²) in [6.45, 7) is 0. The third kappa shape index (κ3) is 3.61. The van der Waals surface area contributed by atoms with Crippen molar-refractivity contribution in [3.05, 3.63) is 78.1 Å². The Bertz CT molecular complexity index is 1290. The minimum atomic E-state index is -0.147. The van der Waals surface area contributed by atoms with Gasteiger partial charge >= 0.3 is 0 Å². The summed E-state index contributed by atoms with van der Waals surface area (Å²) in [5.74, 6) is 1.09. The lowest BCUT2D eigenvalue weighted by molar-refractivity contribution is 0.0969. The Balaban J connectivity index is 1.51. The molecule has 0 amide bonds. The molecule has 0 bridgehead atoms. The molecule has 7 nitrogen and oxygen atoms in total. The SMILES string of the molecule is COc1cc2cn(C(=O)/C=C/C3=C(c4ccccc4)N(C)C4N=CN=CC34)cc2cc1OC. The van der Waals surface area contributed by atoms with Gasteiger partial charge in [-0.2, -0.15) is 0 Å². The molecule has 3 aromatic rings. The average Bonchev–Trinajstić information content (AvgIpc) is 3.40. The zero-order chi connectivity index (χ0) is 22.9. The molecule has 2 aliphatic rings. The van der Waals surface area contributed by atoms with Crippen LogP contribution in [0.5, 0.6) is 11.5 Å². The number of methoxy groups -OCH3 is 2. The fourth-order valence-electron chi connectivity index (χ4n) is 4.49. The van der Waals surface area contributed by atoms with Crippen molar-refractivity contribution in [2.75, 3.05) is 21.3 Å². The molecule has 2 atom stereocenters. The molecule has 7 heteroatoms. The van der Waals surface area contributed by atoms with Gasteiger partial charge in [0, 0.05) is 48.2 Å². The lowest BCUT2D eigenvalue weighted by Crippen LogP contribution is -2.31. The number of carbonyl (C=O) groups excluding carboxylic acids is 1. The number of hydrogen-bond acceptors (Lipinski definition) is 6. The van der Waals surface area contributed by atoms with E-state index >= 15 is 0 Å². The zero-order valence-electron chi connectivity index (χ0n) is 18.7. The molecule has 1 aromatic heterocycles. The molecular weight excluding hydrogens is 416 g/mol. The molecule has 2 aliphatic heterocycles. The van der Waals surface area contributed by atoms with Crippen LogP contribution in [0.4, 0.5) is 0 Å². The van der Waals surface area contributed by atoms with E-state index in [0.717, 1.165) is 27.6 Å². The minimum absolute atomic E-state index is 0.0171. The number of allylic oxidation sites excluding steroid dienone is 2. The second kappa shape index (κ2) is 8.43. The molecule has 2 aromatic carbocycles. The van der Waals surface area contributed by atoms with Crippen molar-refractivity contribution >= 4 is 34.9 Å². The molecule has 33 heavy (non-hydrogen) atoms. The van der Waals surface area contributed by atoms with Crippen LogP contribution in [-0.4, -0.2) is 55.4 Å². The number of ether oxygens (including phenoxy) is 2. The summed E-state index contributed by atoms with van der Waals surface area (Å²) in [7, 11) is 5.22. The van der Waals surface area contributed by atoms with Crippen LogP contribution in [0.1, 0.15) is 10.4 Å². The summed E-state index contributed by atoms with van der Waals surface area (Å²) < 4.78 is 12.3. The molecule has 0 spiro atoms. The molecule has 0 saturated carbocycles. The Labute approximate surface area is 192 Å². The second-order valence-electron chi connectivity index (χ2n) is 7.96. The molecule has 0 fully saturated rings. The maximum Gasteiger partial charge on any atom is 0.254 e. The Hall–Kier alpha value is -4.13. The highest BCUT2D eigenvalue weighted by Gasteiger charge is 2.38. The third-order valence-corrected chi connectivity index (χ3v) is 6.09. The fraction of sp³-hybridized carbons (Fsp3) is 0.192. The fourth-order valence-corrected chi connectivity index (χ4v) is 4.49. The predicted octanol–water partition coefficient (Wildman–Crippen LogP) is 4.27. The van der Waals surface area contributed by atoms with Gasteiger partial charge in [0.2, 0.25) is 0 Å². The number of benzene rings is 2. The topological polar surface area (TPSA) is 68.4 Å². The number of aliphatic imine (C=N–C) groups is 2. The van der Waals surface area contributed by atoms with Gasteiger partial charge in [-0.25, -0.2) is 9.98 Å². The maximum absolute atomic E-state index is 13.1. The first kappa shape index (κ1) is 20.8. The van der Waals surface area contributed by atoms with Crippen molar-refractivity contribution in [1.29, 1.82) is 0 Å². The number of rotatable bonds is 5. The van der Waals surface area contributed by atoms with Crippen LogP contribution < -0.4 is 9.47 Å². The van der Waals surface area contributed by atoms with Crippen molar-refractivity contribution in [2.24, 2.45) is 15.9 Å². The molecule has 0 radical (unpaired) electrons.